The number of primary sulfonamides is 1. The minimum absolute atomic E-state index is 0.110. The van der Waals surface area contributed by atoms with Crippen LogP contribution in [0.5, 0.6) is 0 Å². The number of rotatable bonds is 3. The van der Waals surface area contributed by atoms with Crippen molar-refractivity contribution in [2.45, 2.75) is 17.9 Å². The molecule has 30 heavy (non-hydrogen) atoms. The van der Waals surface area contributed by atoms with E-state index in [9.17, 15) is 26.8 Å². The Morgan fingerprint density at radius 3 is 2.67 bits per heavy atom. The summed E-state index contributed by atoms with van der Waals surface area (Å²) in [5, 5.41) is 10.6. The van der Waals surface area contributed by atoms with Gasteiger partial charge in [-0.05, 0) is 31.2 Å². The van der Waals surface area contributed by atoms with Crippen LogP contribution in [-0.4, -0.2) is 36.3 Å². The summed E-state index contributed by atoms with van der Waals surface area (Å²) in [7, 11) is -4.44. The first kappa shape index (κ1) is 19.9. The first-order valence-electron chi connectivity index (χ1n) is 8.69. The highest BCUT2D eigenvalue weighted by Gasteiger charge is 2.26. The Hall–Kier alpha value is -3.38. The molecule has 1 aromatic carbocycles. The molecule has 0 spiro atoms. The SMILES string of the molecule is C[C@@H]1CNC(=O)c2cc3ccc(C(=O)Nc4cc(F)c(F)cc4S(N)(=O)=O)nc3n21. The van der Waals surface area contributed by atoms with Gasteiger partial charge in [-0.2, -0.15) is 0 Å². The monoisotopic (exact) mass is 435 g/mol. The summed E-state index contributed by atoms with van der Waals surface area (Å²) >= 11 is 0. The Labute approximate surface area is 168 Å². The summed E-state index contributed by atoms with van der Waals surface area (Å²) in [5.74, 6) is -3.92. The van der Waals surface area contributed by atoms with Crippen LogP contribution in [0.15, 0.2) is 35.2 Å². The number of nitrogens with one attached hydrogen (secondary N) is 2. The molecule has 12 heteroatoms. The predicted octanol–water partition coefficient (Wildman–Crippen LogP) is 1.52. The van der Waals surface area contributed by atoms with Crippen LogP contribution in [0.1, 0.15) is 33.9 Å². The van der Waals surface area contributed by atoms with Gasteiger partial charge in [-0.1, -0.05) is 0 Å². The van der Waals surface area contributed by atoms with Gasteiger partial charge in [-0.15, -0.1) is 0 Å². The molecular formula is C18H15F2N5O4S. The fourth-order valence-corrected chi connectivity index (χ4v) is 4.00. The molecule has 156 valence electrons. The lowest BCUT2D eigenvalue weighted by atomic mass is 10.2. The summed E-state index contributed by atoms with van der Waals surface area (Å²) < 4.78 is 52.1. The number of halogens is 2. The molecule has 0 unspecified atom stereocenters. The highest BCUT2D eigenvalue weighted by molar-refractivity contribution is 7.89. The number of hydrogen-bond acceptors (Lipinski definition) is 5. The number of hydrogen-bond donors (Lipinski definition) is 3. The second-order valence-electron chi connectivity index (χ2n) is 6.83. The molecule has 4 rings (SSSR count). The standard InChI is InChI=1S/C18H15F2N5O4S/c1-8-7-22-18(27)14-4-9-2-3-12(23-16(9)25(8)14)17(26)24-13-5-10(19)11(20)6-15(13)30(21,28)29/h2-6,8H,7H2,1H3,(H,22,27)(H,24,26)(H2,21,28,29)/t8-/m1/s1. The number of anilines is 1. The summed E-state index contributed by atoms with van der Waals surface area (Å²) in [6, 6.07) is 5.39. The number of fused-ring (bicyclic) bond motifs is 3. The van der Waals surface area contributed by atoms with Crippen molar-refractivity contribution in [2.24, 2.45) is 5.14 Å². The van der Waals surface area contributed by atoms with Crippen molar-refractivity contribution in [3.05, 3.63) is 53.4 Å². The molecule has 3 heterocycles. The molecule has 0 fully saturated rings. The van der Waals surface area contributed by atoms with E-state index in [1.165, 1.54) is 6.07 Å². The van der Waals surface area contributed by atoms with E-state index in [0.29, 0.717) is 35.4 Å². The van der Waals surface area contributed by atoms with Crippen molar-refractivity contribution >= 4 is 38.6 Å². The maximum atomic E-state index is 13.6. The van der Waals surface area contributed by atoms with Crippen LogP contribution < -0.4 is 15.8 Å². The predicted molar refractivity (Wildman–Crippen MR) is 102 cm³/mol. The first-order chi connectivity index (χ1) is 14.1. The highest BCUT2D eigenvalue weighted by atomic mass is 32.2. The van der Waals surface area contributed by atoms with Gasteiger partial charge in [0, 0.05) is 18.0 Å². The highest BCUT2D eigenvalue weighted by Crippen LogP contribution is 2.27. The number of pyridine rings is 1. The van der Waals surface area contributed by atoms with Crippen LogP contribution in [0.2, 0.25) is 0 Å². The molecule has 2 amide bonds. The van der Waals surface area contributed by atoms with Crippen molar-refractivity contribution in [3.63, 3.8) is 0 Å². The fourth-order valence-electron chi connectivity index (χ4n) is 3.31. The maximum absolute atomic E-state index is 13.6. The Bertz CT molecular complexity index is 1340. The van der Waals surface area contributed by atoms with E-state index in [0.717, 1.165) is 0 Å². The van der Waals surface area contributed by atoms with Gasteiger partial charge in [0.05, 0.1) is 11.7 Å². The van der Waals surface area contributed by atoms with Crippen molar-refractivity contribution < 1.29 is 26.8 Å². The third kappa shape index (κ3) is 3.29. The van der Waals surface area contributed by atoms with E-state index >= 15 is 0 Å². The Morgan fingerprint density at radius 2 is 1.97 bits per heavy atom. The topological polar surface area (TPSA) is 136 Å². The maximum Gasteiger partial charge on any atom is 0.274 e. The van der Waals surface area contributed by atoms with Crippen molar-refractivity contribution in [1.29, 1.82) is 0 Å². The molecule has 1 aliphatic rings. The second-order valence-corrected chi connectivity index (χ2v) is 8.36. The average Bonchev–Trinajstić information content (AvgIpc) is 3.06. The van der Waals surface area contributed by atoms with E-state index in [4.69, 9.17) is 5.14 Å². The normalized spacial score (nSPS) is 16.3. The van der Waals surface area contributed by atoms with Gasteiger partial charge in [0.1, 0.15) is 21.9 Å². The number of amides is 2. The number of sulfonamides is 1. The lowest BCUT2D eigenvalue weighted by molar-refractivity contribution is 0.0918. The van der Waals surface area contributed by atoms with E-state index in [1.54, 1.807) is 16.7 Å². The summed E-state index contributed by atoms with van der Waals surface area (Å²) in [4.78, 5) is 28.2. The molecule has 0 aliphatic carbocycles. The van der Waals surface area contributed by atoms with Gasteiger partial charge >= 0.3 is 0 Å². The molecule has 0 bridgehead atoms. The minimum atomic E-state index is -4.44. The van der Waals surface area contributed by atoms with Crippen LogP contribution >= 0.6 is 0 Å². The lowest BCUT2D eigenvalue weighted by Gasteiger charge is -2.23. The van der Waals surface area contributed by atoms with Crippen LogP contribution in [0.4, 0.5) is 14.5 Å². The zero-order chi connectivity index (χ0) is 21.8. The quantitative estimate of drug-likeness (QED) is 0.573. The molecule has 0 saturated carbocycles. The van der Waals surface area contributed by atoms with Crippen LogP contribution in [0.3, 0.4) is 0 Å². The zero-order valence-corrected chi connectivity index (χ0v) is 16.3. The summed E-state index contributed by atoms with van der Waals surface area (Å²) in [5.41, 5.74) is 0.141. The van der Waals surface area contributed by atoms with Gasteiger partial charge in [0.2, 0.25) is 10.0 Å². The Morgan fingerprint density at radius 1 is 1.27 bits per heavy atom. The van der Waals surface area contributed by atoms with Gasteiger partial charge < -0.3 is 15.2 Å². The van der Waals surface area contributed by atoms with E-state index in [2.05, 4.69) is 15.6 Å². The van der Waals surface area contributed by atoms with Gasteiger partial charge in [0.25, 0.3) is 11.8 Å². The van der Waals surface area contributed by atoms with Crippen molar-refractivity contribution in [3.8, 4) is 0 Å². The van der Waals surface area contributed by atoms with Gasteiger partial charge in [0.15, 0.2) is 11.6 Å². The molecule has 3 aromatic rings. The molecule has 4 N–H and O–H groups in total. The molecular weight excluding hydrogens is 420 g/mol. The molecule has 0 saturated heterocycles. The third-order valence-corrected chi connectivity index (χ3v) is 5.68. The smallest absolute Gasteiger partial charge is 0.274 e. The zero-order valence-electron chi connectivity index (χ0n) is 15.4. The lowest BCUT2D eigenvalue weighted by Crippen LogP contribution is -2.37. The van der Waals surface area contributed by atoms with E-state index in [1.807, 2.05) is 6.92 Å². The van der Waals surface area contributed by atoms with Crippen LogP contribution in [-0.2, 0) is 10.0 Å². The third-order valence-electron chi connectivity index (χ3n) is 4.73. The van der Waals surface area contributed by atoms with E-state index < -0.39 is 38.1 Å². The van der Waals surface area contributed by atoms with Crippen molar-refractivity contribution in [1.82, 2.24) is 14.9 Å². The minimum Gasteiger partial charge on any atom is -0.349 e. The number of aromatic nitrogens is 2. The number of benzene rings is 1. The Balaban J connectivity index is 1.76. The van der Waals surface area contributed by atoms with Gasteiger partial charge in [-0.25, -0.2) is 27.3 Å². The largest absolute Gasteiger partial charge is 0.349 e. The number of carbonyl (C=O) groups is 2. The first-order valence-corrected chi connectivity index (χ1v) is 10.2. The fraction of sp³-hybridized carbons (Fsp3) is 0.167. The number of nitrogens with two attached hydrogens (primary N) is 1. The second kappa shape index (κ2) is 6.85. The van der Waals surface area contributed by atoms with Crippen molar-refractivity contribution in [2.75, 3.05) is 11.9 Å². The Kier molecular flexibility index (Phi) is 4.55. The number of carbonyl (C=O) groups excluding carboxylic acids is 2. The van der Waals surface area contributed by atoms with Crippen LogP contribution in [0, 0.1) is 11.6 Å². The average molecular weight is 435 g/mol. The molecule has 9 nitrogen and oxygen atoms in total. The molecule has 1 atom stereocenters. The molecule has 0 radical (unpaired) electrons. The van der Waals surface area contributed by atoms with Crippen LogP contribution in [0.25, 0.3) is 11.0 Å². The summed E-state index contributed by atoms with van der Waals surface area (Å²) in [6.45, 7) is 2.26. The van der Waals surface area contributed by atoms with E-state index in [-0.39, 0.29) is 17.6 Å². The van der Waals surface area contributed by atoms with Gasteiger partial charge in [-0.3, -0.25) is 9.59 Å². The molecule has 2 aromatic heterocycles. The number of nitrogens with zero attached hydrogens (tertiary/aromatic N) is 2. The summed E-state index contributed by atoms with van der Waals surface area (Å²) in [6.07, 6.45) is 0. The molecule has 1 aliphatic heterocycles.